The predicted molar refractivity (Wildman–Crippen MR) is 105 cm³/mol. The summed E-state index contributed by atoms with van der Waals surface area (Å²) in [4.78, 5) is 8.67. The van der Waals surface area contributed by atoms with Crippen LogP contribution in [0.15, 0.2) is 60.8 Å². The lowest BCUT2D eigenvalue weighted by atomic mass is 10.3. The Kier molecular flexibility index (Phi) is 6.30. The molecule has 0 fully saturated rings. The first-order valence-corrected chi connectivity index (χ1v) is 8.51. The largest absolute Gasteiger partial charge is 0.497 e. The Morgan fingerprint density at radius 1 is 0.815 bits per heavy atom. The van der Waals surface area contributed by atoms with Crippen molar-refractivity contribution in [3.63, 3.8) is 0 Å². The van der Waals surface area contributed by atoms with Crippen LogP contribution in [0.25, 0.3) is 0 Å². The second-order valence-electron chi connectivity index (χ2n) is 5.57. The van der Waals surface area contributed by atoms with E-state index >= 15 is 0 Å². The van der Waals surface area contributed by atoms with Gasteiger partial charge in [0.25, 0.3) is 0 Å². The third-order valence-corrected chi connectivity index (χ3v) is 3.74. The molecular formula is C20H22N4O3. The number of benzene rings is 2. The van der Waals surface area contributed by atoms with Gasteiger partial charge in [-0.25, -0.2) is 4.98 Å². The fourth-order valence-electron chi connectivity index (χ4n) is 2.34. The van der Waals surface area contributed by atoms with Crippen molar-refractivity contribution in [2.24, 2.45) is 0 Å². The van der Waals surface area contributed by atoms with Crippen molar-refractivity contribution in [1.29, 1.82) is 0 Å². The van der Waals surface area contributed by atoms with Gasteiger partial charge in [0.15, 0.2) is 0 Å². The molecule has 7 heteroatoms. The topological polar surface area (TPSA) is 77.5 Å². The Labute approximate surface area is 158 Å². The molecule has 0 saturated heterocycles. The van der Waals surface area contributed by atoms with Crippen molar-refractivity contribution in [3.8, 4) is 17.2 Å². The average Bonchev–Trinajstić information content (AvgIpc) is 2.72. The lowest BCUT2D eigenvalue weighted by Gasteiger charge is -2.10. The van der Waals surface area contributed by atoms with Crippen LogP contribution in [0.4, 0.5) is 17.5 Å². The van der Waals surface area contributed by atoms with Crippen LogP contribution in [0, 0.1) is 0 Å². The van der Waals surface area contributed by atoms with E-state index in [1.807, 2.05) is 54.6 Å². The van der Waals surface area contributed by atoms with Gasteiger partial charge < -0.3 is 24.8 Å². The zero-order chi connectivity index (χ0) is 18.9. The van der Waals surface area contributed by atoms with Crippen LogP contribution in [0.3, 0.4) is 0 Å². The maximum absolute atomic E-state index is 5.69. The SMILES string of the molecule is COc1ccc(Nc2nccc(NCCOc3ccc(OC)cc3)n2)cc1. The highest BCUT2D eigenvalue weighted by atomic mass is 16.5. The van der Waals surface area contributed by atoms with Gasteiger partial charge in [-0.15, -0.1) is 0 Å². The minimum atomic E-state index is 0.511. The first-order valence-electron chi connectivity index (χ1n) is 8.51. The fraction of sp³-hybridized carbons (Fsp3) is 0.200. The molecule has 1 aromatic heterocycles. The zero-order valence-electron chi connectivity index (χ0n) is 15.3. The molecule has 3 aromatic rings. The summed E-state index contributed by atoms with van der Waals surface area (Å²) >= 11 is 0. The van der Waals surface area contributed by atoms with E-state index in [0.29, 0.717) is 19.1 Å². The molecule has 0 atom stereocenters. The zero-order valence-corrected chi connectivity index (χ0v) is 15.3. The summed E-state index contributed by atoms with van der Waals surface area (Å²) in [6, 6.07) is 16.9. The second-order valence-corrected chi connectivity index (χ2v) is 5.57. The van der Waals surface area contributed by atoms with Gasteiger partial charge in [0, 0.05) is 11.9 Å². The minimum Gasteiger partial charge on any atom is -0.497 e. The number of methoxy groups -OCH3 is 2. The molecular weight excluding hydrogens is 344 g/mol. The van der Waals surface area contributed by atoms with Gasteiger partial charge in [-0.2, -0.15) is 4.98 Å². The summed E-state index contributed by atoms with van der Waals surface area (Å²) in [5.74, 6) is 3.63. The summed E-state index contributed by atoms with van der Waals surface area (Å²) in [7, 11) is 3.28. The number of nitrogens with one attached hydrogen (secondary N) is 2. The fourth-order valence-corrected chi connectivity index (χ4v) is 2.34. The highest BCUT2D eigenvalue weighted by Crippen LogP contribution is 2.19. The molecule has 2 aromatic carbocycles. The van der Waals surface area contributed by atoms with Crippen molar-refractivity contribution in [2.75, 3.05) is 38.0 Å². The molecule has 1 heterocycles. The Morgan fingerprint density at radius 2 is 1.44 bits per heavy atom. The maximum atomic E-state index is 5.69. The van der Waals surface area contributed by atoms with Crippen LogP contribution in [-0.2, 0) is 0 Å². The second kappa shape index (κ2) is 9.28. The Balaban J connectivity index is 1.48. The standard InChI is InChI=1S/C20H22N4O3/c1-25-16-5-3-15(4-6-16)23-20-22-12-11-19(24-20)21-13-14-27-18-9-7-17(26-2)8-10-18/h3-12H,13-14H2,1-2H3,(H2,21,22,23,24). The Bertz CT molecular complexity index is 839. The third kappa shape index (κ3) is 5.50. The van der Waals surface area contributed by atoms with E-state index in [4.69, 9.17) is 14.2 Å². The number of anilines is 3. The smallest absolute Gasteiger partial charge is 0.229 e. The number of ether oxygens (including phenoxy) is 3. The summed E-state index contributed by atoms with van der Waals surface area (Å²) in [5, 5.41) is 6.38. The summed E-state index contributed by atoms with van der Waals surface area (Å²) in [6.07, 6.45) is 1.70. The minimum absolute atomic E-state index is 0.511. The van der Waals surface area contributed by atoms with E-state index in [0.717, 1.165) is 28.8 Å². The van der Waals surface area contributed by atoms with E-state index in [9.17, 15) is 0 Å². The van der Waals surface area contributed by atoms with Crippen LogP contribution in [0.2, 0.25) is 0 Å². The number of aromatic nitrogens is 2. The van der Waals surface area contributed by atoms with E-state index in [2.05, 4.69) is 20.6 Å². The number of hydrogen-bond donors (Lipinski definition) is 2. The summed E-state index contributed by atoms with van der Waals surface area (Å²) in [6.45, 7) is 1.13. The van der Waals surface area contributed by atoms with Gasteiger partial charge in [-0.3, -0.25) is 0 Å². The van der Waals surface area contributed by atoms with Crippen molar-refractivity contribution >= 4 is 17.5 Å². The molecule has 0 aliphatic rings. The molecule has 0 radical (unpaired) electrons. The quantitative estimate of drug-likeness (QED) is 0.559. The van der Waals surface area contributed by atoms with Crippen molar-refractivity contribution < 1.29 is 14.2 Å². The molecule has 0 aliphatic heterocycles. The van der Waals surface area contributed by atoms with E-state index in [1.54, 1.807) is 20.4 Å². The highest BCUT2D eigenvalue weighted by Gasteiger charge is 2.01. The normalized spacial score (nSPS) is 10.1. The third-order valence-electron chi connectivity index (χ3n) is 3.74. The Morgan fingerprint density at radius 3 is 2.11 bits per heavy atom. The van der Waals surface area contributed by atoms with E-state index in [1.165, 1.54) is 0 Å². The molecule has 0 saturated carbocycles. The lowest BCUT2D eigenvalue weighted by molar-refractivity contribution is 0.331. The van der Waals surface area contributed by atoms with Gasteiger partial charge in [-0.05, 0) is 54.6 Å². The molecule has 140 valence electrons. The molecule has 7 nitrogen and oxygen atoms in total. The number of nitrogens with zero attached hydrogens (tertiary/aromatic N) is 2. The highest BCUT2D eigenvalue weighted by molar-refractivity contribution is 5.55. The van der Waals surface area contributed by atoms with Crippen molar-refractivity contribution in [1.82, 2.24) is 9.97 Å². The van der Waals surface area contributed by atoms with Crippen LogP contribution in [0.5, 0.6) is 17.2 Å². The van der Waals surface area contributed by atoms with E-state index < -0.39 is 0 Å². The van der Waals surface area contributed by atoms with Crippen molar-refractivity contribution in [3.05, 3.63) is 60.8 Å². The predicted octanol–water partition coefficient (Wildman–Crippen LogP) is 3.73. The van der Waals surface area contributed by atoms with Gasteiger partial charge in [0.05, 0.1) is 20.8 Å². The maximum Gasteiger partial charge on any atom is 0.229 e. The molecule has 0 aliphatic carbocycles. The Hall–Kier alpha value is -3.48. The first-order chi connectivity index (χ1) is 13.3. The lowest BCUT2D eigenvalue weighted by Crippen LogP contribution is -2.13. The van der Waals surface area contributed by atoms with Gasteiger partial charge in [0.2, 0.25) is 5.95 Å². The first kappa shape index (κ1) is 18.3. The van der Waals surface area contributed by atoms with Crippen molar-refractivity contribution in [2.45, 2.75) is 0 Å². The molecule has 27 heavy (non-hydrogen) atoms. The van der Waals surface area contributed by atoms with Gasteiger partial charge in [-0.1, -0.05) is 0 Å². The summed E-state index contributed by atoms with van der Waals surface area (Å²) < 4.78 is 16.0. The molecule has 0 unspecified atom stereocenters. The molecule has 3 rings (SSSR count). The molecule has 0 amide bonds. The average molecular weight is 366 g/mol. The number of hydrogen-bond acceptors (Lipinski definition) is 7. The monoisotopic (exact) mass is 366 g/mol. The van der Waals surface area contributed by atoms with Crippen LogP contribution in [0.1, 0.15) is 0 Å². The van der Waals surface area contributed by atoms with Crippen LogP contribution < -0.4 is 24.8 Å². The van der Waals surface area contributed by atoms with Crippen LogP contribution in [-0.4, -0.2) is 37.3 Å². The molecule has 2 N–H and O–H groups in total. The number of rotatable bonds is 9. The van der Waals surface area contributed by atoms with Gasteiger partial charge in [0.1, 0.15) is 29.7 Å². The summed E-state index contributed by atoms with van der Waals surface area (Å²) in [5.41, 5.74) is 0.885. The van der Waals surface area contributed by atoms with E-state index in [-0.39, 0.29) is 0 Å². The van der Waals surface area contributed by atoms with Gasteiger partial charge >= 0.3 is 0 Å². The molecule has 0 spiro atoms. The van der Waals surface area contributed by atoms with Crippen LogP contribution >= 0.6 is 0 Å². The molecule has 0 bridgehead atoms.